The molecule has 1 aliphatic heterocycles. The number of carboxylic acids is 1. The van der Waals surface area contributed by atoms with Crippen molar-refractivity contribution in [3.63, 3.8) is 0 Å². The van der Waals surface area contributed by atoms with Crippen molar-refractivity contribution in [3.8, 4) is 5.88 Å². The maximum atomic E-state index is 12.7. The van der Waals surface area contributed by atoms with Gasteiger partial charge in [0.1, 0.15) is 11.1 Å². The third kappa shape index (κ3) is 2.87. The lowest BCUT2D eigenvalue weighted by atomic mass is 9.94. The molecular formula is C16H19ClN2O4. The molecule has 1 amide bonds. The number of carbonyl (C=O) groups is 2. The number of halogens is 1. The third-order valence-corrected chi connectivity index (χ3v) is 5.01. The number of hydrogen-bond donors (Lipinski definition) is 1. The molecule has 1 saturated carbocycles. The highest BCUT2D eigenvalue weighted by molar-refractivity contribution is 6.32. The van der Waals surface area contributed by atoms with E-state index in [1.165, 1.54) is 17.2 Å². The molecular weight excluding hydrogens is 320 g/mol. The molecule has 2 aliphatic rings. The molecule has 2 fully saturated rings. The van der Waals surface area contributed by atoms with Crippen molar-refractivity contribution in [2.75, 3.05) is 13.2 Å². The van der Waals surface area contributed by atoms with E-state index in [2.05, 4.69) is 4.98 Å². The first-order valence-electron chi connectivity index (χ1n) is 7.85. The van der Waals surface area contributed by atoms with E-state index in [0.717, 1.165) is 19.3 Å². The maximum Gasteiger partial charge on any atom is 0.326 e. The topological polar surface area (TPSA) is 79.7 Å². The van der Waals surface area contributed by atoms with E-state index in [9.17, 15) is 14.7 Å². The molecule has 6 nitrogen and oxygen atoms in total. The SMILES string of the molecule is CCOc1ncc(C(=O)N2C[C@@H]3CCC[C@H]3[C@@H]2C(=O)O)cc1Cl. The molecule has 124 valence electrons. The Bertz CT molecular complexity index is 637. The number of carbonyl (C=O) groups excluding carboxylic acids is 1. The fourth-order valence-electron chi connectivity index (χ4n) is 3.78. The summed E-state index contributed by atoms with van der Waals surface area (Å²) in [7, 11) is 0. The normalized spacial score (nSPS) is 26.2. The van der Waals surface area contributed by atoms with Crippen LogP contribution in [0.1, 0.15) is 36.5 Å². The average Bonchev–Trinajstić information content (AvgIpc) is 3.08. The minimum Gasteiger partial charge on any atom is -0.480 e. The van der Waals surface area contributed by atoms with Crippen LogP contribution in [0.3, 0.4) is 0 Å². The summed E-state index contributed by atoms with van der Waals surface area (Å²) in [6, 6.07) is 0.745. The van der Waals surface area contributed by atoms with E-state index in [0.29, 0.717) is 18.7 Å². The van der Waals surface area contributed by atoms with Crippen LogP contribution in [0.4, 0.5) is 0 Å². The van der Waals surface area contributed by atoms with Crippen molar-refractivity contribution in [1.82, 2.24) is 9.88 Å². The Morgan fingerprint density at radius 1 is 1.48 bits per heavy atom. The maximum absolute atomic E-state index is 12.7. The van der Waals surface area contributed by atoms with Crippen molar-refractivity contribution in [3.05, 3.63) is 22.8 Å². The van der Waals surface area contributed by atoms with Gasteiger partial charge in [0.15, 0.2) is 0 Å². The summed E-state index contributed by atoms with van der Waals surface area (Å²) in [5.41, 5.74) is 0.296. The van der Waals surface area contributed by atoms with Crippen molar-refractivity contribution in [2.45, 2.75) is 32.2 Å². The molecule has 0 radical (unpaired) electrons. The molecule has 7 heteroatoms. The standard InChI is InChI=1S/C16H19ClN2O4/c1-2-23-14-12(17)6-10(7-18-14)15(20)19-8-9-4-3-5-11(9)13(19)16(21)22/h6-7,9,11,13H,2-5,8H2,1H3,(H,21,22)/t9-,11+,13+/m0/s1. The van der Waals surface area contributed by atoms with Gasteiger partial charge in [0, 0.05) is 12.7 Å². The van der Waals surface area contributed by atoms with Crippen LogP contribution in [0.15, 0.2) is 12.3 Å². The lowest BCUT2D eigenvalue weighted by molar-refractivity contribution is -0.142. The van der Waals surface area contributed by atoms with Crippen molar-refractivity contribution in [2.24, 2.45) is 11.8 Å². The highest BCUT2D eigenvalue weighted by atomic mass is 35.5. The predicted molar refractivity (Wildman–Crippen MR) is 83.7 cm³/mol. The molecule has 3 rings (SSSR count). The Hall–Kier alpha value is -1.82. The van der Waals surface area contributed by atoms with Gasteiger partial charge in [-0.2, -0.15) is 0 Å². The van der Waals surface area contributed by atoms with E-state index < -0.39 is 12.0 Å². The second-order valence-electron chi connectivity index (χ2n) is 6.04. The van der Waals surface area contributed by atoms with Crippen LogP contribution in [0.5, 0.6) is 5.88 Å². The van der Waals surface area contributed by atoms with Crippen LogP contribution in [0, 0.1) is 11.8 Å². The number of aliphatic carboxylic acids is 1. The number of aromatic nitrogens is 1. The van der Waals surface area contributed by atoms with Gasteiger partial charge in [-0.15, -0.1) is 0 Å². The molecule has 3 atom stereocenters. The highest BCUT2D eigenvalue weighted by Crippen LogP contribution is 2.42. The van der Waals surface area contributed by atoms with E-state index in [1.807, 2.05) is 6.92 Å². The molecule has 0 spiro atoms. The van der Waals surface area contributed by atoms with E-state index in [1.54, 1.807) is 0 Å². The zero-order valence-electron chi connectivity index (χ0n) is 12.9. The third-order valence-electron chi connectivity index (χ3n) is 4.74. The second-order valence-corrected chi connectivity index (χ2v) is 6.45. The molecule has 23 heavy (non-hydrogen) atoms. The first kappa shape index (κ1) is 16.1. The summed E-state index contributed by atoms with van der Waals surface area (Å²) in [6.45, 7) is 2.74. The van der Waals surface area contributed by atoms with Crippen molar-refractivity contribution >= 4 is 23.5 Å². The lowest BCUT2D eigenvalue weighted by Crippen LogP contribution is -2.43. The minimum atomic E-state index is -0.933. The fourth-order valence-corrected chi connectivity index (χ4v) is 4.00. The quantitative estimate of drug-likeness (QED) is 0.912. The largest absolute Gasteiger partial charge is 0.480 e. The molecule has 0 unspecified atom stereocenters. The summed E-state index contributed by atoms with van der Waals surface area (Å²) in [5, 5.41) is 9.79. The predicted octanol–water partition coefficient (Wildman–Crippen LogP) is 2.46. The van der Waals surface area contributed by atoms with Crippen LogP contribution in [-0.4, -0.2) is 46.1 Å². The number of nitrogens with zero attached hydrogens (tertiary/aromatic N) is 2. The summed E-state index contributed by atoms with van der Waals surface area (Å²) >= 11 is 6.08. The Morgan fingerprint density at radius 3 is 2.91 bits per heavy atom. The van der Waals surface area contributed by atoms with Crippen LogP contribution < -0.4 is 4.74 Å². The van der Waals surface area contributed by atoms with Crippen LogP contribution in [0.2, 0.25) is 5.02 Å². The van der Waals surface area contributed by atoms with Crippen molar-refractivity contribution in [1.29, 1.82) is 0 Å². The minimum absolute atomic E-state index is 0.0579. The van der Waals surface area contributed by atoms with Gasteiger partial charge in [-0.3, -0.25) is 4.79 Å². The smallest absolute Gasteiger partial charge is 0.326 e. The summed E-state index contributed by atoms with van der Waals surface area (Å²) in [5.74, 6) is -0.644. The molecule has 1 saturated heterocycles. The molecule has 0 aromatic carbocycles. The molecule has 2 heterocycles. The van der Waals surface area contributed by atoms with Crippen LogP contribution >= 0.6 is 11.6 Å². The van der Waals surface area contributed by atoms with Gasteiger partial charge in [-0.1, -0.05) is 18.0 Å². The fraction of sp³-hybridized carbons (Fsp3) is 0.562. The lowest BCUT2D eigenvalue weighted by Gasteiger charge is -2.24. The van der Waals surface area contributed by atoms with Gasteiger partial charge in [0.2, 0.25) is 5.88 Å². The number of likely N-dealkylation sites (tertiary alicyclic amines) is 1. The van der Waals surface area contributed by atoms with E-state index in [4.69, 9.17) is 16.3 Å². The van der Waals surface area contributed by atoms with Gasteiger partial charge in [0.25, 0.3) is 5.91 Å². The second kappa shape index (κ2) is 6.35. The number of amides is 1. The highest BCUT2D eigenvalue weighted by Gasteiger charge is 2.49. The number of fused-ring (bicyclic) bond motifs is 1. The molecule has 1 aromatic rings. The summed E-state index contributed by atoms with van der Waals surface area (Å²) < 4.78 is 5.25. The Labute approximate surface area is 139 Å². The zero-order chi connectivity index (χ0) is 16.6. The first-order valence-corrected chi connectivity index (χ1v) is 8.22. The Morgan fingerprint density at radius 2 is 2.26 bits per heavy atom. The van der Waals surface area contributed by atoms with Crippen LogP contribution in [0.25, 0.3) is 0 Å². The zero-order valence-corrected chi connectivity index (χ0v) is 13.6. The number of pyridine rings is 1. The average molecular weight is 339 g/mol. The van der Waals surface area contributed by atoms with E-state index >= 15 is 0 Å². The van der Waals surface area contributed by atoms with Gasteiger partial charge in [0.05, 0.1) is 12.2 Å². The number of hydrogen-bond acceptors (Lipinski definition) is 4. The number of carboxylic acid groups (broad SMARTS) is 1. The van der Waals surface area contributed by atoms with Crippen molar-refractivity contribution < 1.29 is 19.4 Å². The van der Waals surface area contributed by atoms with Gasteiger partial charge in [-0.05, 0) is 37.7 Å². The molecule has 1 N–H and O–H groups in total. The molecule has 0 bridgehead atoms. The van der Waals surface area contributed by atoms with Crippen LogP contribution in [-0.2, 0) is 4.79 Å². The summed E-state index contributed by atoms with van der Waals surface area (Å²) in [6.07, 6.45) is 4.29. The number of ether oxygens (including phenoxy) is 1. The molecule has 1 aromatic heterocycles. The van der Waals surface area contributed by atoms with Gasteiger partial charge < -0.3 is 14.7 Å². The van der Waals surface area contributed by atoms with Gasteiger partial charge >= 0.3 is 5.97 Å². The Balaban J connectivity index is 1.85. The Kier molecular flexibility index (Phi) is 4.43. The van der Waals surface area contributed by atoms with E-state index in [-0.39, 0.29) is 28.6 Å². The molecule has 1 aliphatic carbocycles. The summed E-state index contributed by atoms with van der Waals surface area (Å²) in [4.78, 5) is 29.9. The van der Waals surface area contributed by atoms with Gasteiger partial charge in [-0.25, -0.2) is 9.78 Å². The monoisotopic (exact) mass is 338 g/mol. The number of rotatable bonds is 4. The first-order chi connectivity index (χ1) is 11.0.